The lowest BCUT2D eigenvalue weighted by molar-refractivity contribution is 0.253. The maximum absolute atomic E-state index is 4.54. The summed E-state index contributed by atoms with van der Waals surface area (Å²) in [6.07, 6.45) is 4.32. The van der Waals surface area contributed by atoms with Crippen LogP contribution in [0, 0.1) is 0 Å². The molecule has 0 N–H and O–H groups in total. The van der Waals surface area contributed by atoms with Gasteiger partial charge in [0.25, 0.3) is 0 Å². The second-order valence-electron chi connectivity index (χ2n) is 6.84. The third-order valence-electron chi connectivity index (χ3n) is 5.31. The Kier molecular flexibility index (Phi) is 6.26. The molecular formula is C18H32N6. The Labute approximate surface area is 146 Å². The molecule has 134 valence electrons. The first-order valence-electron chi connectivity index (χ1n) is 9.56. The molecule has 2 fully saturated rings. The molecule has 2 saturated heterocycles. The zero-order valence-electron chi connectivity index (χ0n) is 15.3. The lowest BCUT2D eigenvalue weighted by atomic mass is 10.2. The number of aromatic nitrogens is 2. The van der Waals surface area contributed by atoms with E-state index in [2.05, 4.69) is 49.5 Å². The van der Waals surface area contributed by atoms with Gasteiger partial charge >= 0.3 is 0 Å². The van der Waals surface area contributed by atoms with Crippen molar-refractivity contribution in [2.24, 2.45) is 0 Å². The molecular weight excluding hydrogens is 300 g/mol. The van der Waals surface area contributed by atoms with E-state index >= 15 is 0 Å². The molecule has 0 bridgehead atoms. The molecule has 0 saturated carbocycles. The van der Waals surface area contributed by atoms with E-state index in [1.54, 1.807) is 6.33 Å². The highest BCUT2D eigenvalue weighted by Gasteiger charge is 2.20. The van der Waals surface area contributed by atoms with Crippen LogP contribution in [0.3, 0.4) is 0 Å². The van der Waals surface area contributed by atoms with E-state index in [1.165, 1.54) is 19.4 Å². The minimum Gasteiger partial charge on any atom is -0.354 e. The van der Waals surface area contributed by atoms with Crippen LogP contribution in [0.1, 0.15) is 26.7 Å². The standard InChI is InChI=1S/C18H32N6/c1-3-5-6-22-9-13-24(14-10-22)18-15-17(19-16-20-18)23-11-7-21(4-2)8-12-23/h15-16H,3-14H2,1-2H3. The van der Waals surface area contributed by atoms with Gasteiger partial charge in [-0.25, -0.2) is 9.97 Å². The molecule has 1 aromatic heterocycles. The van der Waals surface area contributed by atoms with Gasteiger partial charge in [-0.2, -0.15) is 0 Å². The molecule has 0 aromatic carbocycles. The Morgan fingerprint density at radius 2 is 1.33 bits per heavy atom. The molecule has 0 amide bonds. The molecule has 0 atom stereocenters. The largest absolute Gasteiger partial charge is 0.354 e. The van der Waals surface area contributed by atoms with Gasteiger partial charge in [-0.1, -0.05) is 20.3 Å². The lowest BCUT2D eigenvalue weighted by Crippen LogP contribution is -2.47. The topological polar surface area (TPSA) is 38.7 Å². The van der Waals surface area contributed by atoms with E-state index in [0.29, 0.717) is 0 Å². The highest BCUT2D eigenvalue weighted by molar-refractivity contribution is 5.50. The van der Waals surface area contributed by atoms with Gasteiger partial charge < -0.3 is 14.7 Å². The molecule has 24 heavy (non-hydrogen) atoms. The van der Waals surface area contributed by atoms with E-state index in [9.17, 15) is 0 Å². The normalized spacial score (nSPS) is 20.6. The number of nitrogens with zero attached hydrogens (tertiary/aromatic N) is 6. The minimum absolute atomic E-state index is 1.06. The molecule has 0 radical (unpaired) electrons. The molecule has 2 aliphatic rings. The van der Waals surface area contributed by atoms with Gasteiger partial charge in [-0.15, -0.1) is 0 Å². The van der Waals surface area contributed by atoms with Crippen LogP contribution in [-0.4, -0.2) is 85.2 Å². The second-order valence-corrected chi connectivity index (χ2v) is 6.84. The monoisotopic (exact) mass is 332 g/mol. The molecule has 2 aliphatic heterocycles. The van der Waals surface area contributed by atoms with Crippen molar-refractivity contribution in [1.29, 1.82) is 0 Å². The van der Waals surface area contributed by atoms with Gasteiger partial charge in [0.2, 0.25) is 0 Å². The first-order valence-corrected chi connectivity index (χ1v) is 9.56. The van der Waals surface area contributed by atoms with Crippen LogP contribution in [0.2, 0.25) is 0 Å². The Hall–Kier alpha value is -1.40. The lowest BCUT2D eigenvalue weighted by Gasteiger charge is -2.37. The highest BCUT2D eigenvalue weighted by Crippen LogP contribution is 2.20. The minimum atomic E-state index is 1.06. The Morgan fingerprint density at radius 1 is 0.792 bits per heavy atom. The van der Waals surface area contributed by atoms with E-state index in [1.807, 2.05) is 0 Å². The third kappa shape index (κ3) is 4.36. The Balaban J connectivity index is 1.56. The molecule has 0 spiro atoms. The van der Waals surface area contributed by atoms with E-state index < -0.39 is 0 Å². The van der Waals surface area contributed by atoms with E-state index in [4.69, 9.17) is 0 Å². The number of unbranched alkanes of at least 4 members (excludes halogenated alkanes) is 1. The average Bonchev–Trinajstić information content (AvgIpc) is 2.67. The Bertz CT molecular complexity index is 492. The van der Waals surface area contributed by atoms with Gasteiger partial charge in [0.1, 0.15) is 18.0 Å². The predicted octanol–water partition coefficient (Wildman–Crippen LogP) is 1.54. The van der Waals surface area contributed by atoms with Gasteiger partial charge in [-0.3, -0.25) is 4.90 Å². The quantitative estimate of drug-likeness (QED) is 0.787. The van der Waals surface area contributed by atoms with E-state index in [0.717, 1.165) is 70.5 Å². The SMILES string of the molecule is CCCCN1CCN(c2cc(N3CCN(CC)CC3)ncn2)CC1. The summed E-state index contributed by atoms with van der Waals surface area (Å²) in [5.41, 5.74) is 0. The summed E-state index contributed by atoms with van der Waals surface area (Å²) in [6, 6.07) is 2.18. The second kappa shape index (κ2) is 8.62. The number of hydrogen-bond donors (Lipinski definition) is 0. The maximum Gasteiger partial charge on any atom is 0.134 e. The third-order valence-corrected chi connectivity index (χ3v) is 5.31. The first kappa shape index (κ1) is 17.4. The van der Waals surface area contributed by atoms with Crippen LogP contribution in [0.4, 0.5) is 11.6 Å². The Morgan fingerprint density at radius 3 is 1.83 bits per heavy atom. The van der Waals surface area contributed by atoms with E-state index in [-0.39, 0.29) is 0 Å². The summed E-state index contributed by atoms with van der Waals surface area (Å²) in [4.78, 5) is 18.9. The molecule has 0 aliphatic carbocycles. The van der Waals surface area contributed by atoms with Crippen molar-refractivity contribution in [2.75, 3.05) is 75.2 Å². The molecule has 6 nitrogen and oxygen atoms in total. The van der Waals surface area contributed by atoms with Crippen molar-refractivity contribution in [1.82, 2.24) is 19.8 Å². The van der Waals surface area contributed by atoms with Crippen molar-refractivity contribution in [2.45, 2.75) is 26.7 Å². The van der Waals surface area contributed by atoms with Crippen molar-refractivity contribution in [3.05, 3.63) is 12.4 Å². The van der Waals surface area contributed by atoms with Crippen molar-refractivity contribution >= 4 is 11.6 Å². The fourth-order valence-corrected chi connectivity index (χ4v) is 3.56. The van der Waals surface area contributed by atoms with Crippen LogP contribution in [0.25, 0.3) is 0 Å². The molecule has 3 heterocycles. The van der Waals surface area contributed by atoms with Gasteiger partial charge in [0.15, 0.2) is 0 Å². The average molecular weight is 332 g/mol. The summed E-state index contributed by atoms with van der Waals surface area (Å²) >= 11 is 0. The van der Waals surface area contributed by atoms with Crippen molar-refractivity contribution in [3.8, 4) is 0 Å². The summed E-state index contributed by atoms with van der Waals surface area (Å²) in [5, 5.41) is 0. The van der Waals surface area contributed by atoms with Crippen LogP contribution >= 0.6 is 0 Å². The fourth-order valence-electron chi connectivity index (χ4n) is 3.56. The van der Waals surface area contributed by atoms with Gasteiger partial charge in [-0.05, 0) is 19.5 Å². The predicted molar refractivity (Wildman–Crippen MR) is 99.9 cm³/mol. The van der Waals surface area contributed by atoms with Gasteiger partial charge in [0, 0.05) is 58.4 Å². The number of likely N-dealkylation sites (N-methyl/N-ethyl adjacent to an activating group) is 1. The summed E-state index contributed by atoms with van der Waals surface area (Å²) in [7, 11) is 0. The first-order chi connectivity index (χ1) is 11.8. The van der Waals surface area contributed by atoms with Crippen LogP contribution in [-0.2, 0) is 0 Å². The fraction of sp³-hybridized carbons (Fsp3) is 0.778. The summed E-state index contributed by atoms with van der Waals surface area (Å²) in [5.74, 6) is 2.18. The smallest absolute Gasteiger partial charge is 0.134 e. The molecule has 0 unspecified atom stereocenters. The number of hydrogen-bond acceptors (Lipinski definition) is 6. The van der Waals surface area contributed by atoms with Crippen LogP contribution in [0.15, 0.2) is 12.4 Å². The van der Waals surface area contributed by atoms with Gasteiger partial charge in [0.05, 0.1) is 0 Å². The molecule has 3 rings (SSSR count). The molecule has 6 heteroatoms. The maximum atomic E-state index is 4.54. The summed E-state index contributed by atoms with van der Waals surface area (Å²) < 4.78 is 0. The summed E-state index contributed by atoms with van der Waals surface area (Å²) in [6.45, 7) is 15.7. The zero-order valence-corrected chi connectivity index (χ0v) is 15.3. The number of piperazine rings is 2. The van der Waals surface area contributed by atoms with Crippen LogP contribution in [0.5, 0.6) is 0 Å². The zero-order chi connectivity index (χ0) is 16.8. The number of rotatable bonds is 6. The highest BCUT2D eigenvalue weighted by atomic mass is 15.3. The number of anilines is 2. The molecule has 1 aromatic rings. The van der Waals surface area contributed by atoms with Crippen molar-refractivity contribution < 1.29 is 0 Å². The van der Waals surface area contributed by atoms with Crippen LogP contribution < -0.4 is 9.80 Å². The van der Waals surface area contributed by atoms with Crippen molar-refractivity contribution in [3.63, 3.8) is 0 Å².